The molecule has 0 aromatic carbocycles. The normalized spacial score (nSPS) is 23.9. The lowest BCUT2D eigenvalue weighted by molar-refractivity contribution is -0.0663. The van der Waals surface area contributed by atoms with E-state index in [1.54, 1.807) is 4.90 Å². The molecule has 0 spiro atoms. The average molecular weight is 460 g/mol. The fourth-order valence-corrected chi connectivity index (χ4v) is 4.23. The van der Waals surface area contributed by atoms with Crippen LogP contribution >= 0.6 is 0 Å². The van der Waals surface area contributed by atoms with Gasteiger partial charge in [0.2, 0.25) is 5.88 Å². The van der Waals surface area contributed by atoms with Gasteiger partial charge in [0.25, 0.3) is 0 Å². The molecular formula is C20H30FN3O6S. The number of aromatic nitrogens is 2. The fraction of sp³-hybridized carbons (Fsp3) is 0.750. The minimum absolute atomic E-state index is 0.00709. The Morgan fingerprint density at radius 1 is 1.10 bits per heavy atom. The van der Waals surface area contributed by atoms with E-state index in [2.05, 4.69) is 9.97 Å². The van der Waals surface area contributed by atoms with Crippen molar-refractivity contribution in [2.45, 2.75) is 74.9 Å². The molecule has 174 valence electrons. The third kappa shape index (κ3) is 6.99. The summed E-state index contributed by atoms with van der Waals surface area (Å²) in [4.78, 5) is 21.5. The van der Waals surface area contributed by atoms with Crippen LogP contribution in [0, 0.1) is 0 Å². The lowest BCUT2D eigenvalue weighted by atomic mass is 9.94. The molecule has 2 aliphatic rings. The highest BCUT2D eigenvalue weighted by Crippen LogP contribution is 2.27. The van der Waals surface area contributed by atoms with Gasteiger partial charge in [-0.3, -0.25) is 0 Å². The molecule has 31 heavy (non-hydrogen) atoms. The second kappa shape index (κ2) is 10.5. The quantitative estimate of drug-likeness (QED) is 0.612. The first-order valence-corrected chi connectivity index (χ1v) is 12.5. The van der Waals surface area contributed by atoms with E-state index in [1.165, 1.54) is 19.3 Å². The minimum atomic E-state index is -3.38. The predicted molar refractivity (Wildman–Crippen MR) is 109 cm³/mol. The average Bonchev–Trinajstić information content (AvgIpc) is 2.75. The number of rotatable bonds is 7. The number of likely N-dealkylation sites (tertiary alicyclic amines) is 1. The highest BCUT2D eigenvalue weighted by atomic mass is 32.2. The van der Waals surface area contributed by atoms with Crippen molar-refractivity contribution in [3.05, 3.63) is 12.4 Å². The molecule has 3 rings (SSSR count). The molecule has 9 nitrogen and oxygen atoms in total. The summed E-state index contributed by atoms with van der Waals surface area (Å²) in [6.07, 6.45) is 7.49. The summed E-state index contributed by atoms with van der Waals surface area (Å²) >= 11 is 0. The van der Waals surface area contributed by atoms with Crippen molar-refractivity contribution in [2.75, 3.05) is 26.0 Å². The van der Waals surface area contributed by atoms with E-state index in [1.807, 2.05) is 0 Å². The smallest absolute Gasteiger partial charge is 0.410 e. The summed E-state index contributed by atoms with van der Waals surface area (Å²) in [6, 6.07) is 0. The number of ether oxygens (including phenoxy) is 3. The van der Waals surface area contributed by atoms with Crippen LogP contribution in [0.4, 0.5) is 9.18 Å². The van der Waals surface area contributed by atoms with Crippen LogP contribution in [0.15, 0.2) is 17.4 Å². The topological polar surface area (TPSA) is 108 Å². The molecule has 0 N–H and O–H groups in total. The molecule has 1 atom stereocenters. The maximum Gasteiger partial charge on any atom is 0.410 e. The molecule has 2 fully saturated rings. The van der Waals surface area contributed by atoms with E-state index in [-0.39, 0.29) is 23.3 Å². The molecular weight excluding hydrogens is 429 g/mol. The third-order valence-electron chi connectivity index (χ3n) is 5.50. The largest absolute Gasteiger partial charge is 0.473 e. The molecule has 1 amide bonds. The number of hydrogen-bond acceptors (Lipinski definition) is 8. The van der Waals surface area contributed by atoms with Gasteiger partial charge >= 0.3 is 6.09 Å². The molecule has 1 aliphatic carbocycles. The Bertz CT molecular complexity index is 822. The number of piperidine rings is 1. The van der Waals surface area contributed by atoms with Gasteiger partial charge in [-0.1, -0.05) is 0 Å². The lowest BCUT2D eigenvalue weighted by Crippen LogP contribution is -2.43. The van der Waals surface area contributed by atoms with Crippen molar-refractivity contribution in [1.29, 1.82) is 0 Å². The van der Waals surface area contributed by atoms with E-state index < -0.39 is 28.7 Å². The monoisotopic (exact) mass is 459 g/mol. The van der Waals surface area contributed by atoms with E-state index in [0.29, 0.717) is 19.0 Å². The van der Waals surface area contributed by atoms with Crippen LogP contribution in [-0.4, -0.2) is 79.8 Å². The maximum atomic E-state index is 12.5. The fourth-order valence-electron chi connectivity index (χ4n) is 3.74. The molecule has 0 radical (unpaired) electrons. The van der Waals surface area contributed by atoms with Crippen molar-refractivity contribution in [3.8, 4) is 5.88 Å². The Morgan fingerprint density at radius 2 is 1.71 bits per heavy atom. The first kappa shape index (κ1) is 23.6. The van der Waals surface area contributed by atoms with Gasteiger partial charge in [-0.15, -0.1) is 0 Å². The summed E-state index contributed by atoms with van der Waals surface area (Å²) in [5, 5.41) is -0.0757. The number of sulfone groups is 1. The SMILES string of the molecule is C[C@@H](CF)OC(=O)N1CCC(OC2CCC(Oc3cnc(S(C)(=O)=O)cn3)CC2)CC1. The van der Waals surface area contributed by atoms with Crippen LogP contribution in [0.1, 0.15) is 45.4 Å². The van der Waals surface area contributed by atoms with Gasteiger partial charge in [-0.25, -0.2) is 27.6 Å². The van der Waals surface area contributed by atoms with Crippen molar-refractivity contribution < 1.29 is 31.8 Å². The predicted octanol–water partition coefficient (Wildman–Crippen LogP) is 2.55. The summed E-state index contributed by atoms with van der Waals surface area (Å²) < 4.78 is 52.5. The van der Waals surface area contributed by atoms with Gasteiger partial charge in [0, 0.05) is 19.3 Å². The molecule has 11 heteroatoms. The number of carbonyl (C=O) groups excluding carboxylic acids is 1. The highest BCUT2D eigenvalue weighted by molar-refractivity contribution is 7.90. The zero-order valence-corrected chi connectivity index (χ0v) is 18.7. The second-order valence-electron chi connectivity index (χ2n) is 8.15. The number of halogens is 1. The van der Waals surface area contributed by atoms with Crippen LogP contribution in [0.2, 0.25) is 0 Å². The van der Waals surface area contributed by atoms with Gasteiger partial charge in [0.1, 0.15) is 18.9 Å². The molecule has 1 aromatic heterocycles. The van der Waals surface area contributed by atoms with Gasteiger partial charge < -0.3 is 19.1 Å². The number of alkyl halides is 1. The van der Waals surface area contributed by atoms with Gasteiger partial charge in [-0.05, 0) is 45.4 Å². The number of nitrogens with zero attached hydrogens (tertiary/aromatic N) is 3. The van der Waals surface area contributed by atoms with Gasteiger partial charge in [0.05, 0.1) is 24.6 Å². The summed E-state index contributed by atoms with van der Waals surface area (Å²) in [5.41, 5.74) is 0. The third-order valence-corrected chi connectivity index (χ3v) is 6.47. The van der Waals surface area contributed by atoms with Crippen LogP contribution in [0.5, 0.6) is 5.88 Å². The Balaban J connectivity index is 1.37. The maximum absolute atomic E-state index is 12.5. The van der Waals surface area contributed by atoms with Crippen LogP contribution in [0.3, 0.4) is 0 Å². The zero-order valence-electron chi connectivity index (χ0n) is 17.9. The Labute approximate surface area is 182 Å². The van der Waals surface area contributed by atoms with Gasteiger partial charge in [0.15, 0.2) is 14.9 Å². The Hall–Kier alpha value is -2.01. The van der Waals surface area contributed by atoms with Crippen LogP contribution < -0.4 is 4.74 Å². The molecule has 0 bridgehead atoms. The Kier molecular flexibility index (Phi) is 8.04. The van der Waals surface area contributed by atoms with Crippen molar-refractivity contribution in [3.63, 3.8) is 0 Å². The standard InChI is InChI=1S/C20H30FN3O6S/c1-14(11-21)28-20(25)24-9-7-17(8-10-24)29-15-3-5-16(6-4-15)30-18-12-23-19(13-22-18)31(2,26)27/h12-17H,3-11H2,1-2H3/t14-,15?,16?/m0/s1. The number of hydrogen-bond donors (Lipinski definition) is 0. The van der Waals surface area contributed by atoms with Crippen molar-refractivity contribution in [2.24, 2.45) is 0 Å². The highest BCUT2D eigenvalue weighted by Gasteiger charge is 2.29. The van der Waals surface area contributed by atoms with E-state index in [0.717, 1.165) is 44.8 Å². The zero-order chi connectivity index (χ0) is 22.4. The molecule has 2 heterocycles. The van der Waals surface area contributed by atoms with Crippen LogP contribution in [0.25, 0.3) is 0 Å². The first-order valence-electron chi connectivity index (χ1n) is 10.6. The van der Waals surface area contributed by atoms with E-state index in [9.17, 15) is 17.6 Å². The van der Waals surface area contributed by atoms with Crippen molar-refractivity contribution in [1.82, 2.24) is 14.9 Å². The molecule has 0 unspecified atom stereocenters. The van der Waals surface area contributed by atoms with Crippen LogP contribution in [-0.2, 0) is 19.3 Å². The second-order valence-corrected chi connectivity index (χ2v) is 10.1. The Morgan fingerprint density at radius 3 is 2.26 bits per heavy atom. The summed E-state index contributed by atoms with van der Waals surface area (Å²) in [6.45, 7) is 1.94. The molecule has 1 saturated carbocycles. The van der Waals surface area contributed by atoms with E-state index in [4.69, 9.17) is 14.2 Å². The van der Waals surface area contributed by atoms with Gasteiger partial charge in [-0.2, -0.15) is 0 Å². The molecule has 1 aliphatic heterocycles. The number of amides is 1. The minimum Gasteiger partial charge on any atom is -0.473 e. The molecule has 1 saturated heterocycles. The summed E-state index contributed by atoms with van der Waals surface area (Å²) in [5.74, 6) is 0.318. The van der Waals surface area contributed by atoms with E-state index >= 15 is 0 Å². The van der Waals surface area contributed by atoms with Crippen molar-refractivity contribution >= 4 is 15.9 Å². The first-order chi connectivity index (χ1) is 14.7. The molecule has 1 aromatic rings. The number of carbonyl (C=O) groups is 1. The lowest BCUT2D eigenvalue weighted by Gasteiger charge is -2.35. The summed E-state index contributed by atoms with van der Waals surface area (Å²) in [7, 11) is -3.38.